The first-order valence-corrected chi connectivity index (χ1v) is 9.34. The molecule has 0 spiro atoms. The lowest BCUT2D eigenvalue weighted by Gasteiger charge is -2.32. The number of halogens is 2. The van der Waals surface area contributed by atoms with Gasteiger partial charge in [-0.15, -0.1) is 0 Å². The molecule has 1 N–H and O–H groups in total. The van der Waals surface area contributed by atoms with Crippen molar-refractivity contribution >= 4 is 17.4 Å². The number of benzene rings is 1. The van der Waals surface area contributed by atoms with Gasteiger partial charge in [0.15, 0.2) is 0 Å². The van der Waals surface area contributed by atoms with Crippen LogP contribution in [0.2, 0.25) is 0 Å². The quantitative estimate of drug-likeness (QED) is 0.731. The maximum atomic E-state index is 13.8. The molecule has 4 rings (SSSR count). The van der Waals surface area contributed by atoms with Crippen LogP contribution in [0.25, 0.3) is 5.82 Å². The second-order valence-corrected chi connectivity index (χ2v) is 6.95. The maximum Gasteiger partial charge on any atom is 0.227 e. The Morgan fingerprint density at radius 2 is 1.86 bits per heavy atom. The average molecular weight is 398 g/mol. The average Bonchev–Trinajstić information content (AvgIpc) is 3.16. The van der Waals surface area contributed by atoms with Crippen LogP contribution in [-0.4, -0.2) is 38.5 Å². The number of hydrogen-bond donors (Lipinski definition) is 1. The largest absolute Gasteiger partial charge is 0.356 e. The van der Waals surface area contributed by atoms with E-state index in [-0.39, 0.29) is 17.5 Å². The van der Waals surface area contributed by atoms with Crippen molar-refractivity contribution in [2.24, 2.45) is 5.92 Å². The van der Waals surface area contributed by atoms with E-state index in [0.29, 0.717) is 25.9 Å². The molecule has 29 heavy (non-hydrogen) atoms. The number of nitrogens with zero attached hydrogens (tertiary/aromatic N) is 5. The zero-order chi connectivity index (χ0) is 20.4. The number of imidazole rings is 1. The van der Waals surface area contributed by atoms with Crippen LogP contribution in [0.3, 0.4) is 0 Å². The molecule has 1 saturated heterocycles. The molecule has 0 bridgehead atoms. The van der Waals surface area contributed by atoms with Crippen LogP contribution in [0, 0.1) is 24.5 Å². The van der Waals surface area contributed by atoms with Crippen molar-refractivity contribution in [3.8, 4) is 5.82 Å². The second-order valence-electron chi connectivity index (χ2n) is 6.95. The standard InChI is InChI=1S/C20H20F2N6O/c1-13-23-6-9-28(13)19-11-18(24-12-25-19)27-7-4-14(5-8-27)20(29)26-17-3-2-15(21)10-16(17)22/h2-3,6,9-12,14H,4-5,7-8H2,1H3,(H,26,29). The number of nitrogens with one attached hydrogen (secondary N) is 1. The van der Waals surface area contributed by atoms with Crippen molar-refractivity contribution < 1.29 is 13.6 Å². The van der Waals surface area contributed by atoms with Gasteiger partial charge >= 0.3 is 0 Å². The zero-order valence-corrected chi connectivity index (χ0v) is 15.8. The topological polar surface area (TPSA) is 75.9 Å². The van der Waals surface area contributed by atoms with Crippen LogP contribution in [0.15, 0.2) is 43.0 Å². The number of rotatable bonds is 4. The Morgan fingerprint density at radius 3 is 2.55 bits per heavy atom. The molecule has 0 atom stereocenters. The molecule has 0 radical (unpaired) electrons. The van der Waals surface area contributed by atoms with Crippen LogP contribution in [-0.2, 0) is 4.79 Å². The fraction of sp³-hybridized carbons (Fsp3) is 0.300. The van der Waals surface area contributed by atoms with Gasteiger partial charge in [0, 0.05) is 43.5 Å². The number of carbonyl (C=O) groups is 1. The Morgan fingerprint density at radius 1 is 1.10 bits per heavy atom. The highest BCUT2D eigenvalue weighted by atomic mass is 19.1. The van der Waals surface area contributed by atoms with E-state index < -0.39 is 11.6 Å². The van der Waals surface area contributed by atoms with E-state index >= 15 is 0 Å². The van der Waals surface area contributed by atoms with Gasteiger partial charge in [-0.2, -0.15) is 0 Å². The molecule has 3 heterocycles. The third-order valence-electron chi connectivity index (χ3n) is 5.09. The summed E-state index contributed by atoms with van der Waals surface area (Å²) in [6.45, 7) is 3.18. The summed E-state index contributed by atoms with van der Waals surface area (Å²) in [4.78, 5) is 27.4. The highest BCUT2D eigenvalue weighted by Crippen LogP contribution is 2.25. The molecule has 0 saturated carbocycles. The van der Waals surface area contributed by atoms with E-state index in [4.69, 9.17) is 0 Å². The molecule has 2 aromatic heterocycles. The Kier molecular flexibility index (Phi) is 5.20. The molecular weight excluding hydrogens is 378 g/mol. The van der Waals surface area contributed by atoms with Crippen molar-refractivity contribution in [1.82, 2.24) is 19.5 Å². The fourth-order valence-electron chi connectivity index (χ4n) is 3.46. The minimum Gasteiger partial charge on any atom is -0.356 e. The summed E-state index contributed by atoms with van der Waals surface area (Å²) >= 11 is 0. The molecule has 9 heteroatoms. The summed E-state index contributed by atoms with van der Waals surface area (Å²) in [7, 11) is 0. The lowest BCUT2D eigenvalue weighted by atomic mass is 9.95. The van der Waals surface area contributed by atoms with Crippen molar-refractivity contribution in [2.75, 3.05) is 23.3 Å². The van der Waals surface area contributed by atoms with E-state index in [2.05, 4.69) is 25.2 Å². The Bertz CT molecular complexity index is 1030. The minimum absolute atomic E-state index is 0.00465. The summed E-state index contributed by atoms with van der Waals surface area (Å²) in [5.74, 6) is 0.393. The number of amides is 1. The molecule has 1 amide bonds. The number of aromatic nitrogens is 4. The summed E-state index contributed by atoms with van der Waals surface area (Å²) < 4.78 is 28.6. The Balaban J connectivity index is 1.39. The number of anilines is 2. The molecule has 150 valence electrons. The number of aryl methyl sites for hydroxylation is 1. The van der Waals surface area contributed by atoms with E-state index in [0.717, 1.165) is 29.6 Å². The molecule has 0 unspecified atom stereocenters. The number of hydrogen-bond acceptors (Lipinski definition) is 5. The van der Waals surface area contributed by atoms with Crippen LogP contribution in [0.4, 0.5) is 20.3 Å². The summed E-state index contributed by atoms with van der Waals surface area (Å²) in [6.07, 6.45) is 6.29. The minimum atomic E-state index is -0.779. The maximum absolute atomic E-state index is 13.8. The highest BCUT2D eigenvalue weighted by Gasteiger charge is 2.26. The predicted molar refractivity (Wildman–Crippen MR) is 104 cm³/mol. The molecule has 0 aliphatic carbocycles. The monoisotopic (exact) mass is 398 g/mol. The molecule has 1 aromatic carbocycles. The van der Waals surface area contributed by atoms with Crippen LogP contribution in [0.5, 0.6) is 0 Å². The van der Waals surface area contributed by atoms with Gasteiger partial charge in [0.25, 0.3) is 0 Å². The van der Waals surface area contributed by atoms with Gasteiger partial charge in [-0.05, 0) is 31.9 Å². The van der Waals surface area contributed by atoms with Gasteiger partial charge < -0.3 is 10.2 Å². The van der Waals surface area contributed by atoms with Crippen LogP contribution >= 0.6 is 0 Å². The molecular formula is C20H20F2N6O. The lowest BCUT2D eigenvalue weighted by molar-refractivity contribution is -0.120. The van der Waals surface area contributed by atoms with Gasteiger partial charge in [0.2, 0.25) is 5.91 Å². The third-order valence-corrected chi connectivity index (χ3v) is 5.09. The first kappa shape index (κ1) is 19.0. The molecule has 1 aliphatic rings. The van der Waals surface area contributed by atoms with Gasteiger partial charge in [-0.3, -0.25) is 9.36 Å². The molecule has 1 fully saturated rings. The lowest BCUT2D eigenvalue weighted by Crippen LogP contribution is -2.38. The zero-order valence-electron chi connectivity index (χ0n) is 15.8. The summed E-state index contributed by atoms with van der Waals surface area (Å²) in [5.41, 5.74) is -0.00465. The van der Waals surface area contributed by atoms with Crippen LogP contribution < -0.4 is 10.2 Å². The predicted octanol–water partition coefficient (Wildman–Crippen LogP) is 3.10. The Labute approximate surface area is 166 Å². The molecule has 1 aliphatic heterocycles. The van der Waals surface area contributed by atoms with E-state index in [1.165, 1.54) is 12.4 Å². The molecule has 3 aromatic rings. The fourth-order valence-corrected chi connectivity index (χ4v) is 3.46. The van der Waals surface area contributed by atoms with Crippen molar-refractivity contribution in [3.63, 3.8) is 0 Å². The number of piperidine rings is 1. The van der Waals surface area contributed by atoms with Crippen molar-refractivity contribution in [3.05, 3.63) is 60.4 Å². The van der Waals surface area contributed by atoms with Gasteiger partial charge in [-0.1, -0.05) is 0 Å². The van der Waals surface area contributed by atoms with Gasteiger partial charge in [0.1, 0.15) is 35.4 Å². The smallest absolute Gasteiger partial charge is 0.227 e. The van der Waals surface area contributed by atoms with Crippen molar-refractivity contribution in [1.29, 1.82) is 0 Å². The summed E-state index contributed by atoms with van der Waals surface area (Å²) in [5, 5.41) is 2.56. The van der Waals surface area contributed by atoms with E-state index in [1.54, 1.807) is 6.20 Å². The van der Waals surface area contributed by atoms with Gasteiger partial charge in [-0.25, -0.2) is 23.7 Å². The third kappa shape index (κ3) is 4.08. The second kappa shape index (κ2) is 7.94. The first-order chi connectivity index (χ1) is 14.0. The van der Waals surface area contributed by atoms with E-state index in [1.807, 2.05) is 23.8 Å². The number of carbonyl (C=O) groups excluding carboxylic acids is 1. The highest BCUT2D eigenvalue weighted by molar-refractivity contribution is 5.92. The first-order valence-electron chi connectivity index (χ1n) is 9.34. The Hall–Kier alpha value is -3.36. The van der Waals surface area contributed by atoms with Crippen LogP contribution in [0.1, 0.15) is 18.7 Å². The van der Waals surface area contributed by atoms with E-state index in [9.17, 15) is 13.6 Å². The summed E-state index contributed by atoms with van der Waals surface area (Å²) in [6, 6.07) is 5.00. The SMILES string of the molecule is Cc1nccn1-c1cc(N2CCC(C(=O)Nc3ccc(F)cc3F)CC2)ncn1. The van der Waals surface area contributed by atoms with Crippen molar-refractivity contribution in [2.45, 2.75) is 19.8 Å². The van der Waals surface area contributed by atoms with Gasteiger partial charge in [0.05, 0.1) is 5.69 Å². The molecule has 7 nitrogen and oxygen atoms in total. The normalized spacial score (nSPS) is 14.8.